The summed E-state index contributed by atoms with van der Waals surface area (Å²) in [6.45, 7) is 5.38. The zero-order chi connectivity index (χ0) is 21.9. The zero-order valence-electron chi connectivity index (χ0n) is 16.9. The number of sulfonamides is 1. The van der Waals surface area contributed by atoms with Crippen LogP contribution in [0.1, 0.15) is 29.7 Å². The van der Waals surface area contributed by atoms with E-state index in [1.165, 1.54) is 30.3 Å². The highest BCUT2D eigenvalue weighted by Crippen LogP contribution is 2.27. The summed E-state index contributed by atoms with van der Waals surface area (Å²) < 4.78 is 40.7. The number of aryl methyl sites for hydroxylation is 2. The number of nitrogens with zero attached hydrogens (tertiary/aromatic N) is 1. The molecule has 0 aliphatic carbocycles. The highest BCUT2D eigenvalue weighted by molar-refractivity contribution is 7.94. The summed E-state index contributed by atoms with van der Waals surface area (Å²) in [6.07, 6.45) is 0. The molecule has 0 fully saturated rings. The molecular formula is C22H23FN2O3S2. The van der Waals surface area contributed by atoms with Gasteiger partial charge >= 0.3 is 0 Å². The molecule has 3 aromatic rings. The minimum atomic E-state index is -3.97. The van der Waals surface area contributed by atoms with Gasteiger partial charge in [0, 0.05) is 0 Å². The van der Waals surface area contributed by atoms with Crippen molar-refractivity contribution in [1.29, 1.82) is 0 Å². The summed E-state index contributed by atoms with van der Waals surface area (Å²) in [5, 5.41) is 4.53. The molecule has 0 radical (unpaired) electrons. The molecule has 0 bridgehead atoms. The molecule has 1 aromatic heterocycles. The Labute approximate surface area is 180 Å². The van der Waals surface area contributed by atoms with E-state index in [-0.39, 0.29) is 15.9 Å². The van der Waals surface area contributed by atoms with Gasteiger partial charge in [0.25, 0.3) is 10.0 Å². The minimum absolute atomic E-state index is 0.113. The molecule has 1 atom stereocenters. The first-order valence-electron chi connectivity index (χ1n) is 9.37. The lowest BCUT2D eigenvalue weighted by molar-refractivity contribution is -0.120. The second-order valence-electron chi connectivity index (χ2n) is 7.07. The van der Waals surface area contributed by atoms with Crippen LogP contribution in [0.3, 0.4) is 0 Å². The van der Waals surface area contributed by atoms with Crippen LogP contribution in [0, 0.1) is 19.7 Å². The number of halogens is 1. The van der Waals surface area contributed by atoms with Crippen molar-refractivity contribution in [3.05, 3.63) is 82.5 Å². The standard InChI is InChI=1S/C22H23FN2O3S2/c1-15-6-7-16(2)20(13-15)17(3)24-21(26)14-25(19-10-8-18(23)9-11-19)30(27,28)22-5-4-12-29-22/h4-13,17H,14H2,1-3H3,(H,24,26)/t17-/m1/s1. The van der Waals surface area contributed by atoms with Crippen LogP contribution in [0.2, 0.25) is 0 Å². The molecule has 1 N–H and O–H groups in total. The van der Waals surface area contributed by atoms with E-state index >= 15 is 0 Å². The van der Waals surface area contributed by atoms with Crippen molar-refractivity contribution in [2.24, 2.45) is 0 Å². The molecular weight excluding hydrogens is 423 g/mol. The summed E-state index contributed by atoms with van der Waals surface area (Å²) in [5.74, 6) is -0.937. The van der Waals surface area contributed by atoms with Gasteiger partial charge in [0.05, 0.1) is 11.7 Å². The fourth-order valence-corrected chi connectivity index (χ4v) is 5.69. The summed E-state index contributed by atoms with van der Waals surface area (Å²) in [7, 11) is -3.97. The first kappa shape index (κ1) is 22.0. The largest absolute Gasteiger partial charge is 0.348 e. The molecule has 1 heterocycles. The Hall–Kier alpha value is -2.71. The second-order valence-corrected chi connectivity index (χ2v) is 10.1. The topological polar surface area (TPSA) is 66.5 Å². The average molecular weight is 447 g/mol. The molecule has 5 nitrogen and oxygen atoms in total. The van der Waals surface area contributed by atoms with E-state index in [4.69, 9.17) is 0 Å². The van der Waals surface area contributed by atoms with Crippen LogP contribution in [0.25, 0.3) is 0 Å². The van der Waals surface area contributed by atoms with Gasteiger partial charge in [-0.25, -0.2) is 12.8 Å². The highest BCUT2D eigenvalue weighted by atomic mass is 32.2. The molecule has 1 amide bonds. The monoisotopic (exact) mass is 446 g/mol. The van der Waals surface area contributed by atoms with Gasteiger partial charge in [-0.3, -0.25) is 9.10 Å². The molecule has 0 unspecified atom stereocenters. The number of nitrogens with one attached hydrogen (secondary N) is 1. The van der Waals surface area contributed by atoms with E-state index in [0.717, 1.165) is 32.3 Å². The number of carbonyl (C=O) groups is 1. The van der Waals surface area contributed by atoms with Crippen molar-refractivity contribution in [3.63, 3.8) is 0 Å². The van der Waals surface area contributed by atoms with Gasteiger partial charge in [0.1, 0.15) is 16.6 Å². The number of hydrogen-bond donors (Lipinski definition) is 1. The Bertz CT molecular complexity index is 1130. The van der Waals surface area contributed by atoms with E-state index in [9.17, 15) is 17.6 Å². The van der Waals surface area contributed by atoms with E-state index in [1.54, 1.807) is 11.4 Å². The smallest absolute Gasteiger partial charge is 0.274 e. The Kier molecular flexibility index (Phi) is 6.58. The van der Waals surface area contributed by atoms with E-state index in [2.05, 4.69) is 5.32 Å². The quantitative estimate of drug-likeness (QED) is 0.578. The van der Waals surface area contributed by atoms with E-state index in [1.807, 2.05) is 39.0 Å². The summed E-state index contributed by atoms with van der Waals surface area (Å²) >= 11 is 1.06. The van der Waals surface area contributed by atoms with Gasteiger partial charge in [0.2, 0.25) is 5.91 Å². The molecule has 8 heteroatoms. The van der Waals surface area contributed by atoms with Crippen molar-refractivity contribution >= 4 is 33.0 Å². The number of benzene rings is 2. The van der Waals surface area contributed by atoms with Crippen molar-refractivity contribution in [1.82, 2.24) is 5.32 Å². The maximum absolute atomic E-state index is 13.4. The molecule has 2 aromatic carbocycles. The Morgan fingerprint density at radius 1 is 1.13 bits per heavy atom. The highest BCUT2D eigenvalue weighted by Gasteiger charge is 2.28. The third-order valence-corrected chi connectivity index (χ3v) is 7.87. The number of carbonyl (C=O) groups excluding carboxylic acids is 1. The Balaban J connectivity index is 1.86. The van der Waals surface area contributed by atoms with Gasteiger partial charge in [-0.05, 0) is 67.6 Å². The van der Waals surface area contributed by atoms with Crippen LogP contribution >= 0.6 is 11.3 Å². The SMILES string of the molecule is Cc1ccc(C)c([C@@H](C)NC(=O)CN(c2ccc(F)cc2)S(=O)(=O)c2cccs2)c1. The predicted molar refractivity (Wildman–Crippen MR) is 118 cm³/mol. The van der Waals surface area contributed by atoms with Gasteiger partial charge < -0.3 is 5.32 Å². The Morgan fingerprint density at radius 3 is 2.47 bits per heavy atom. The number of thiophene rings is 1. The molecule has 0 aliphatic heterocycles. The van der Waals surface area contributed by atoms with Crippen LogP contribution < -0.4 is 9.62 Å². The van der Waals surface area contributed by atoms with Crippen LogP contribution in [-0.4, -0.2) is 20.9 Å². The number of anilines is 1. The van der Waals surface area contributed by atoms with E-state index < -0.39 is 28.3 Å². The lowest BCUT2D eigenvalue weighted by atomic mass is 10.00. The fourth-order valence-electron chi connectivity index (χ4n) is 3.16. The molecule has 0 aliphatic rings. The first-order chi connectivity index (χ1) is 14.2. The minimum Gasteiger partial charge on any atom is -0.348 e. The lowest BCUT2D eigenvalue weighted by Gasteiger charge is -2.25. The van der Waals surface area contributed by atoms with Crippen LogP contribution in [0.15, 0.2) is 64.2 Å². The molecule has 3 rings (SSSR count). The average Bonchev–Trinajstić information content (AvgIpc) is 3.24. The van der Waals surface area contributed by atoms with Crippen LogP contribution in [-0.2, 0) is 14.8 Å². The van der Waals surface area contributed by atoms with Crippen LogP contribution in [0.4, 0.5) is 10.1 Å². The summed E-state index contributed by atoms with van der Waals surface area (Å²) in [6, 6.07) is 13.8. The van der Waals surface area contributed by atoms with Gasteiger partial charge in [-0.1, -0.05) is 29.8 Å². The maximum Gasteiger partial charge on any atom is 0.274 e. The predicted octanol–water partition coefficient (Wildman–Crippen LogP) is 4.58. The number of amides is 1. The molecule has 0 spiro atoms. The fraction of sp³-hybridized carbons (Fsp3) is 0.227. The number of rotatable bonds is 7. The van der Waals surface area contributed by atoms with Crippen molar-refractivity contribution < 1.29 is 17.6 Å². The third-order valence-electron chi connectivity index (χ3n) is 4.72. The van der Waals surface area contributed by atoms with Gasteiger partial charge in [-0.15, -0.1) is 11.3 Å². The van der Waals surface area contributed by atoms with Gasteiger partial charge in [-0.2, -0.15) is 0 Å². The van der Waals surface area contributed by atoms with Crippen molar-refractivity contribution in [2.75, 3.05) is 10.8 Å². The lowest BCUT2D eigenvalue weighted by Crippen LogP contribution is -2.41. The maximum atomic E-state index is 13.4. The van der Waals surface area contributed by atoms with Crippen molar-refractivity contribution in [2.45, 2.75) is 31.0 Å². The number of hydrogen-bond acceptors (Lipinski definition) is 4. The summed E-state index contributed by atoms with van der Waals surface area (Å²) in [4.78, 5) is 12.8. The first-order valence-corrected chi connectivity index (χ1v) is 11.7. The second kappa shape index (κ2) is 8.97. The zero-order valence-corrected chi connectivity index (χ0v) is 18.6. The van der Waals surface area contributed by atoms with Crippen molar-refractivity contribution in [3.8, 4) is 0 Å². The normalized spacial score (nSPS) is 12.4. The third kappa shape index (κ3) is 4.88. The van der Waals surface area contributed by atoms with Crippen LogP contribution in [0.5, 0.6) is 0 Å². The molecule has 0 saturated carbocycles. The molecule has 0 saturated heterocycles. The van der Waals surface area contributed by atoms with Gasteiger partial charge in [0.15, 0.2) is 0 Å². The summed E-state index contributed by atoms with van der Waals surface area (Å²) in [5.41, 5.74) is 3.30. The molecule has 158 valence electrons. The van der Waals surface area contributed by atoms with E-state index in [0.29, 0.717) is 0 Å². The molecule has 30 heavy (non-hydrogen) atoms. The Morgan fingerprint density at radius 2 is 1.83 bits per heavy atom.